The van der Waals surface area contributed by atoms with Gasteiger partial charge in [-0.1, -0.05) is 0 Å². The lowest BCUT2D eigenvalue weighted by molar-refractivity contribution is -0.147. The summed E-state index contributed by atoms with van der Waals surface area (Å²) >= 11 is 0. The summed E-state index contributed by atoms with van der Waals surface area (Å²) in [6.45, 7) is 0.528. The molecule has 1 aromatic heterocycles. The summed E-state index contributed by atoms with van der Waals surface area (Å²) in [6, 6.07) is 0. The first-order chi connectivity index (χ1) is 7.41. The van der Waals surface area contributed by atoms with Crippen LogP contribution in [0.3, 0.4) is 0 Å². The Morgan fingerprint density at radius 3 is 2.75 bits per heavy atom. The molecule has 0 spiro atoms. The van der Waals surface area contributed by atoms with E-state index in [9.17, 15) is 18.0 Å². The molecular weight excluding hydrogens is 227 g/mol. The Morgan fingerprint density at radius 2 is 2.19 bits per heavy atom. The van der Waals surface area contributed by atoms with Gasteiger partial charge in [0.1, 0.15) is 0 Å². The second-order valence-electron chi connectivity index (χ2n) is 3.36. The lowest BCUT2D eigenvalue weighted by Gasteiger charge is -2.18. The molecule has 1 aliphatic heterocycles. The van der Waals surface area contributed by atoms with Crippen LogP contribution in [0.25, 0.3) is 0 Å². The zero-order valence-corrected chi connectivity index (χ0v) is 8.01. The van der Waals surface area contributed by atoms with Gasteiger partial charge in [0.05, 0.1) is 5.69 Å². The fraction of sp³-hybridized carbons (Fsp3) is 0.500. The van der Waals surface area contributed by atoms with E-state index in [2.05, 4.69) is 10.3 Å². The van der Waals surface area contributed by atoms with Crippen LogP contribution >= 0.6 is 0 Å². The van der Waals surface area contributed by atoms with E-state index in [0.29, 0.717) is 6.54 Å². The van der Waals surface area contributed by atoms with Crippen LogP contribution in [0, 0.1) is 0 Å². The van der Waals surface area contributed by atoms with Gasteiger partial charge in [0, 0.05) is 19.6 Å². The van der Waals surface area contributed by atoms with E-state index in [-0.39, 0.29) is 18.8 Å². The molecule has 88 valence electrons. The third-order valence-corrected chi connectivity index (χ3v) is 2.33. The quantitative estimate of drug-likeness (QED) is 0.752. The first kappa shape index (κ1) is 10.9. The number of carbonyl (C=O) groups is 1. The van der Waals surface area contributed by atoms with Crippen molar-refractivity contribution in [2.24, 2.45) is 0 Å². The number of carboxylic acid groups (broad SMARTS) is 1. The number of aromatic carboxylic acids is 1. The summed E-state index contributed by atoms with van der Waals surface area (Å²) in [5.41, 5.74) is -0.453. The second kappa shape index (κ2) is 3.48. The number of aromatic nitrogens is 2. The molecule has 8 heteroatoms. The average molecular weight is 235 g/mol. The molecule has 0 fully saturated rings. The zero-order chi connectivity index (χ0) is 11.9. The first-order valence-corrected chi connectivity index (χ1v) is 4.52. The van der Waals surface area contributed by atoms with Crippen LogP contribution in [0.15, 0.2) is 0 Å². The highest BCUT2D eigenvalue weighted by Gasteiger charge is 2.40. The van der Waals surface area contributed by atoms with Gasteiger partial charge in [-0.2, -0.15) is 13.2 Å². The molecule has 2 N–H and O–H groups in total. The number of alkyl halides is 3. The highest BCUT2D eigenvalue weighted by Crippen LogP contribution is 2.31. The van der Waals surface area contributed by atoms with Crippen LogP contribution in [0.5, 0.6) is 0 Å². The maximum absolute atomic E-state index is 12.6. The molecule has 5 nitrogen and oxygen atoms in total. The average Bonchev–Trinajstić information content (AvgIpc) is 2.56. The Labute approximate surface area is 87.9 Å². The summed E-state index contributed by atoms with van der Waals surface area (Å²) in [5, 5.41) is 11.6. The van der Waals surface area contributed by atoms with Crippen molar-refractivity contribution < 1.29 is 23.1 Å². The number of carboxylic acids is 1. The minimum atomic E-state index is -4.63. The summed E-state index contributed by atoms with van der Waals surface area (Å²) < 4.78 is 38.6. The number of fused-ring (bicyclic) bond motifs is 1. The summed E-state index contributed by atoms with van der Waals surface area (Å²) in [6.07, 6.45) is -4.63. The molecule has 16 heavy (non-hydrogen) atoms. The van der Waals surface area contributed by atoms with Gasteiger partial charge in [-0.15, -0.1) is 0 Å². The van der Waals surface area contributed by atoms with Gasteiger partial charge < -0.3 is 15.0 Å². The third kappa shape index (κ3) is 1.64. The molecule has 2 heterocycles. The van der Waals surface area contributed by atoms with Crippen LogP contribution in [-0.4, -0.2) is 27.2 Å². The number of imidazole rings is 1. The van der Waals surface area contributed by atoms with Crippen LogP contribution < -0.4 is 5.32 Å². The van der Waals surface area contributed by atoms with Crippen molar-refractivity contribution in [2.45, 2.75) is 19.3 Å². The van der Waals surface area contributed by atoms with Crippen molar-refractivity contribution in [2.75, 3.05) is 6.54 Å². The van der Waals surface area contributed by atoms with E-state index < -0.39 is 23.7 Å². The van der Waals surface area contributed by atoms with Crippen molar-refractivity contribution in [3.8, 4) is 0 Å². The minimum absolute atomic E-state index is 0.0739. The zero-order valence-electron chi connectivity index (χ0n) is 8.01. The molecular formula is C8H8F3N3O2. The standard InChI is InChI=1S/C8H8F3N3O2/c9-8(10,11)7-13-5(6(15)16)4-3-12-1-2-14(4)7/h12H,1-3H2,(H,15,16). The van der Waals surface area contributed by atoms with Gasteiger partial charge in [-0.05, 0) is 0 Å². The first-order valence-electron chi connectivity index (χ1n) is 4.52. The van der Waals surface area contributed by atoms with Crippen LogP contribution in [0.4, 0.5) is 13.2 Å². The van der Waals surface area contributed by atoms with E-state index in [1.807, 2.05) is 0 Å². The Balaban J connectivity index is 2.59. The van der Waals surface area contributed by atoms with E-state index >= 15 is 0 Å². The van der Waals surface area contributed by atoms with Crippen LogP contribution in [-0.2, 0) is 19.3 Å². The van der Waals surface area contributed by atoms with Crippen LogP contribution in [0.2, 0.25) is 0 Å². The maximum Gasteiger partial charge on any atom is 0.449 e. The Hall–Kier alpha value is -1.57. The molecule has 0 bridgehead atoms. The van der Waals surface area contributed by atoms with Crippen molar-refractivity contribution >= 4 is 5.97 Å². The Bertz CT molecular complexity index is 438. The van der Waals surface area contributed by atoms with Gasteiger partial charge >= 0.3 is 12.1 Å². The molecule has 1 aromatic rings. The van der Waals surface area contributed by atoms with E-state index in [1.54, 1.807) is 0 Å². The summed E-state index contributed by atoms with van der Waals surface area (Å²) in [5.74, 6) is -2.58. The molecule has 0 atom stereocenters. The Morgan fingerprint density at radius 1 is 1.50 bits per heavy atom. The smallest absolute Gasteiger partial charge is 0.449 e. The number of halogens is 3. The summed E-state index contributed by atoms with van der Waals surface area (Å²) in [4.78, 5) is 13.9. The fourth-order valence-electron chi connectivity index (χ4n) is 1.69. The number of hydrogen-bond donors (Lipinski definition) is 2. The van der Waals surface area contributed by atoms with Crippen molar-refractivity contribution in [1.29, 1.82) is 0 Å². The lowest BCUT2D eigenvalue weighted by atomic mass is 10.3. The fourth-order valence-corrected chi connectivity index (χ4v) is 1.69. The highest BCUT2D eigenvalue weighted by atomic mass is 19.4. The highest BCUT2D eigenvalue weighted by molar-refractivity contribution is 5.87. The van der Waals surface area contributed by atoms with Crippen molar-refractivity contribution in [1.82, 2.24) is 14.9 Å². The number of nitrogens with one attached hydrogen (secondary N) is 1. The summed E-state index contributed by atoms with van der Waals surface area (Å²) in [7, 11) is 0. The third-order valence-electron chi connectivity index (χ3n) is 2.33. The molecule has 0 aromatic carbocycles. The molecule has 0 saturated heterocycles. The second-order valence-corrected chi connectivity index (χ2v) is 3.36. The van der Waals surface area contributed by atoms with Gasteiger partial charge in [0.25, 0.3) is 0 Å². The molecule has 0 radical (unpaired) electrons. The molecule has 0 unspecified atom stereocenters. The largest absolute Gasteiger partial charge is 0.476 e. The van der Waals surface area contributed by atoms with Crippen molar-refractivity contribution in [3.05, 3.63) is 17.2 Å². The van der Waals surface area contributed by atoms with Gasteiger partial charge in [0.15, 0.2) is 5.69 Å². The maximum atomic E-state index is 12.6. The Kier molecular flexibility index (Phi) is 2.38. The van der Waals surface area contributed by atoms with E-state index in [1.165, 1.54) is 0 Å². The van der Waals surface area contributed by atoms with Gasteiger partial charge in [-0.3, -0.25) is 0 Å². The predicted octanol–water partition coefficient (Wildman–Crippen LogP) is 0.703. The van der Waals surface area contributed by atoms with Gasteiger partial charge in [-0.25, -0.2) is 9.78 Å². The van der Waals surface area contributed by atoms with Gasteiger partial charge in [0.2, 0.25) is 5.82 Å². The SMILES string of the molecule is O=C(O)c1nc(C(F)(F)F)n2c1CNCC2. The molecule has 1 aliphatic rings. The lowest BCUT2D eigenvalue weighted by Crippen LogP contribution is -2.31. The number of nitrogens with zero attached hydrogens (tertiary/aromatic N) is 2. The predicted molar refractivity (Wildman–Crippen MR) is 45.9 cm³/mol. The monoisotopic (exact) mass is 235 g/mol. The molecule has 0 amide bonds. The van der Waals surface area contributed by atoms with Crippen molar-refractivity contribution in [3.63, 3.8) is 0 Å². The van der Waals surface area contributed by atoms with Crippen LogP contribution in [0.1, 0.15) is 22.0 Å². The topological polar surface area (TPSA) is 67.1 Å². The molecule has 0 aliphatic carbocycles. The molecule has 2 rings (SSSR count). The number of hydrogen-bond acceptors (Lipinski definition) is 3. The number of rotatable bonds is 1. The minimum Gasteiger partial charge on any atom is -0.476 e. The molecule has 0 saturated carbocycles. The van der Waals surface area contributed by atoms with E-state index in [0.717, 1.165) is 4.57 Å². The normalized spacial score (nSPS) is 15.9. The van der Waals surface area contributed by atoms with E-state index in [4.69, 9.17) is 5.11 Å².